The number of amides is 3. The second kappa shape index (κ2) is 8.83. The fourth-order valence-corrected chi connectivity index (χ4v) is 2.90. The summed E-state index contributed by atoms with van der Waals surface area (Å²) < 4.78 is 13.6. The summed E-state index contributed by atoms with van der Waals surface area (Å²) >= 11 is 0. The van der Waals surface area contributed by atoms with Gasteiger partial charge in [0.2, 0.25) is 5.91 Å². The van der Waals surface area contributed by atoms with Crippen LogP contribution in [0, 0.1) is 24.6 Å². The van der Waals surface area contributed by atoms with Crippen LogP contribution in [0.2, 0.25) is 0 Å². The van der Waals surface area contributed by atoms with Crippen LogP contribution in [-0.4, -0.2) is 36.5 Å². The molecule has 1 aromatic rings. The molecule has 0 atom stereocenters. The molecule has 2 rings (SSSR count). The van der Waals surface area contributed by atoms with E-state index >= 15 is 0 Å². The van der Waals surface area contributed by atoms with E-state index in [4.69, 9.17) is 0 Å². The fourth-order valence-electron chi connectivity index (χ4n) is 2.90. The molecule has 1 aliphatic rings. The van der Waals surface area contributed by atoms with Crippen molar-refractivity contribution in [1.82, 2.24) is 10.2 Å². The van der Waals surface area contributed by atoms with Gasteiger partial charge in [0.1, 0.15) is 5.82 Å². The summed E-state index contributed by atoms with van der Waals surface area (Å²) in [5.41, 5.74) is 1.04. The summed E-state index contributed by atoms with van der Waals surface area (Å²) in [7, 11) is 0. The summed E-state index contributed by atoms with van der Waals surface area (Å²) in [6.07, 6.45) is 2.79. The SMILES string of the molecule is Cc1ccc(NC(=O)N2CCC(CCNC(=O)C(C)C)CC2)cc1F. The minimum absolute atomic E-state index is 0.0113. The van der Waals surface area contributed by atoms with Crippen molar-refractivity contribution in [3.63, 3.8) is 0 Å². The molecule has 3 amide bonds. The highest BCUT2D eigenvalue weighted by molar-refractivity contribution is 5.89. The number of urea groups is 1. The van der Waals surface area contributed by atoms with E-state index in [1.54, 1.807) is 24.0 Å². The minimum atomic E-state index is -0.319. The average Bonchev–Trinajstić information content (AvgIpc) is 2.58. The van der Waals surface area contributed by atoms with Crippen LogP contribution in [0.5, 0.6) is 0 Å². The second-order valence-electron chi connectivity index (χ2n) is 7.06. The zero-order chi connectivity index (χ0) is 18.4. The topological polar surface area (TPSA) is 61.4 Å². The zero-order valence-corrected chi connectivity index (χ0v) is 15.3. The first-order valence-corrected chi connectivity index (χ1v) is 8.96. The molecule has 1 fully saturated rings. The van der Waals surface area contributed by atoms with E-state index in [1.807, 2.05) is 13.8 Å². The molecule has 0 radical (unpaired) electrons. The van der Waals surface area contributed by atoms with Gasteiger partial charge in [0, 0.05) is 31.2 Å². The summed E-state index contributed by atoms with van der Waals surface area (Å²) in [5, 5.41) is 5.69. The Hall–Kier alpha value is -2.11. The van der Waals surface area contributed by atoms with Gasteiger partial charge in [-0.1, -0.05) is 19.9 Å². The van der Waals surface area contributed by atoms with Crippen LogP contribution in [0.15, 0.2) is 18.2 Å². The van der Waals surface area contributed by atoms with E-state index in [2.05, 4.69) is 10.6 Å². The lowest BCUT2D eigenvalue weighted by atomic mass is 9.93. The quantitative estimate of drug-likeness (QED) is 0.854. The first-order chi connectivity index (χ1) is 11.9. The van der Waals surface area contributed by atoms with Crippen LogP contribution >= 0.6 is 0 Å². The normalized spacial score (nSPS) is 15.3. The Balaban J connectivity index is 1.73. The maximum absolute atomic E-state index is 13.6. The monoisotopic (exact) mass is 349 g/mol. The van der Waals surface area contributed by atoms with Gasteiger partial charge in [-0.25, -0.2) is 9.18 Å². The molecule has 0 bridgehead atoms. The van der Waals surface area contributed by atoms with Gasteiger partial charge in [0.15, 0.2) is 0 Å². The Labute approximate surface area is 149 Å². The van der Waals surface area contributed by atoms with Gasteiger partial charge < -0.3 is 15.5 Å². The van der Waals surface area contributed by atoms with Crippen LogP contribution in [0.25, 0.3) is 0 Å². The minimum Gasteiger partial charge on any atom is -0.356 e. The number of hydrogen-bond donors (Lipinski definition) is 2. The number of piperidine rings is 1. The van der Waals surface area contributed by atoms with Crippen molar-refractivity contribution >= 4 is 17.6 Å². The van der Waals surface area contributed by atoms with Gasteiger partial charge in [-0.3, -0.25) is 4.79 Å². The van der Waals surface area contributed by atoms with Gasteiger partial charge in [-0.15, -0.1) is 0 Å². The molecule has 1 aromatic carbocycles. The Morgan fingerprint density at radius 2 is 1.96 bits per heavy atom. The van der Waals surface area contributed by atoms with Crippen molar-refractivity contribution in [3.8, 4) is 0 Å². The van der Waals surface area contributed by atoms with E-state index in [0.29, 0.717) is 36.8 Å². The van der Waals surface area contributed by atoms with Crippen LogP contribution in [0.1, 0.15) is 38.7 Å². The van der Waals surface area contributed by atoms with Crippen LogP contribution in [0.3, 0.4) is 0 Å². The third-order valence-electron chi connectivity index (χ3n) is 4.70. The van der Waals surface area contributed by atoms with Crippen molar-refractivity contribution in [3.05, 3.63) is 29.6 Å². The number of nitrogens with one attached hydrogen (secondary N) is 2. The standard InChI is InChI=1S/C19H28FN3O2/c1-13(2)18(24)21-9-6-15-7-10-23(11-8-15)19(25)22-16-5-4-14(3)17(20)12-16/h4-5,12-13,15H,6-11H2,1-3H3,(H,21,24)(H,22,25). The number of anilines is 1. The first kappa shape index (κ1) is 19.2. The van der Waals surface area contributed by atoms with Crippen molar-refractivity contribution < 1.29 is 14.0 Å². The fraction of sp³-hybridized carbons (Fsp3) is 0.579. The number of benzene rings is 1. The number of halogens is 1. The maximum atomic E-state index is 13.6. The number of aryl methyl sites for hydroxylation is 1. The number of likely N-dealkylation sites (tertiary alicyclic amines) is 1. The molecule has 25 heavy (non-hydrogen) atoms. The third-order valence-corrected chi connectivity index (χ3v) is 4.70. The lowest BCUT2D eigenvalue weighted by Gasteiger charge is -2.32. The Morgan fingerprint density at radius 1 is 1.28 bits per heavy atom. The first-order valence-electron chi connectivity index (χ1n) is 8.96. The molecule has 1 aliphatic heterocycles. The van der Waals surface area contributed by atoms with E-state index in [9.17, 15) is 14.0 Å². The molecule has 6 heteroatoms. The summed E-state index contributed by atoms with van der Waals surface area (Å²) in [6.45, 7) is 7.51. The van der Waals surface area contributed by atoms with Crippen LogP contribution < -0.4 is 10.6 Å². The largest absolute Gasteiger partial charge is 0.356 e. The van der Waals surface area contributed by atoms with Gasteiger partial charge in [-0.2, -0.15) is 0 Å². The van der Waals surface area contributed by atoms with Crippen LogP contribution in [0.4, 0.5) is 14.9 Å². The summed E-state index contributed by atoms with van der Waals surface area (Å²) in [4.78, 5) is 25.6. The van der Waals surface area contributed by atoms with Gasteiger partial charge in [-0.05, 0) is 49.8 Å². The van der Waals surface area contributed by atoms with E-state index in [-0.39, 0.29) is 23.7 Å². The van der Waals surface area contributed by atoms with Crippen molar-refractivity contribution in [1.29, 1.82) is 0 Å². The zero-order valence-electron chi connectivity index (χ0n) is 15.3. The molecule has 138 valence electrons. The summed E-state index contributed by atoms with van der Waals surface area (Å²) in [5.74, 6) is 0.299. The second-order valence-corrected chi connectivity index (χ2v) is 7.06. The highest BCUT2D eigenvalue weighted by Crippen LogP contribution is 2.21. The molecular formula is C19H28FN3O2. The average molecular weight is 349 g/mol. The lowest BCUT2D eigenvalue weighted by molar-refractivity contribution is -0.124. The molecule has 0 aliphatic carbocycles. The molecule has 0 saturated carbocycles. The predicted molar refractivity (Wildman–Crippen MR) is 96.9 cm³/mol. The van der Waals surface area contributed by atoms with Crippen molar-refractivity contribution in [2.24, 2.45) is 11.8 Å². The number of rotatable bonds is 5. The van der Waals surface area contributed by atoms with Gasteiger partial charge in [0.05, 0.1) is 0 Å². The highest BCUT2D eigenvalue weighted by Gasteiger charge is 2.23. The molecule has 0 unspecified atom stereocenters. The van der Waals surface area contributed by atoms with Crippen LogP contribution in [-0.2, 0) is 4.79 Å². The smallest absolute Gasteiger partial charge is 0.321 e. The molecule has 0 aromatic heterocycles. The van der Waals surface area contributed by atoms with E-state index in [1.165, 1.54) is 6.07 Å². The maximum Gasteiger partial charge on any atom is 0.321 e. The molecule has 1 heterocycles. The summed E-state index contributed by atoms with van der Waals surface area (Å²) in [6, 6.07) is 4.52. The Kier molecular flexibility index (Phi) is 6.79. The predicted octanol–water partition coefficient (Wildman–Crippen LogP) is 3.54. The highest BCUT2D eigenvalue weighted by atomic mass is 19.1. The van der Waals surface area contributed by atoms with E-state index < -0.39 is 0 Å². The van der Waals surface area contributed by atoms with E-state index in [0.717, 1.165) is 19.3 Å². The lowest BCUT2D eigenvalue weighted by Crippen LogP contribution is -2.41. The molecule has 2 N–H and O–H groups in total. The van der Waals surface area contributed by atoms with Gasteiger partial charge in [0.25, 0.3) is 0 Å². The number of hydrogen-bond acceptors (Lipinski definition) is 2. The number of nitrogens with zero attached hydrogens (tertiary/aromatic N) is 1. The van der Waals surface area contributed by atoms with Crippen molar-refractivity contribution in [2.45, 2.75) is 40.0 Å². The van der Waals surface area contributed by atoms with Crippen molar-refractivity contribution in [2.75, 3.05) is 25.0 Å². The molecule has 0 spiro atoms. The number of carbonyl (C=O) groups is 2. The molecule has 1 saturated heterocycles. The Bertz CT molecular complexity index is 611. The Morgan fingerprint density at radius 3 is 2.56 bits per heavy atom. The van der Waals surface area contributed by atoms with Gasteiger partial charge >= 0.3 is 6.03 Å². The molecular weight excluding hydrogens is 321 g/mol. The third kappa shape index (κ3) is 5.73. The molecule has 5 nitrogen and oxygen atoms in total. The number of carbonyl (C=O) groups excluding carboxylic acids is 2.